The third-order valence-electron chi connectivity index (χ3n) is 4.58. The highest BCUT2D eigenvalue weighted by Gasteiger charge is 2.25. The fourth-order valence-electron chi connectivity index (χ4n) is 3.42. The van der Waals surface area contributed by atoms with Gasteiger partial charge in [-0.2, -0.15) is 0 Å². The molecule has 0 radical (unpaired) electrons. The van der Waals surface area contributed by atoms with Crippen molar-refractivity contribution in [3.63, 3.8) is 0 Å². The highest BCUT2D eigenvalue weighted by atomic mass is 16.3. The van der Waals surface area contributed by atoms with Crippen molar-refractivity contribution >= 4 is 11.6 Å². The van der Waals surface area contributed by atoms with E-state index < -0.39 is 0 Å². The van der Waals surface area contributed by atoms with Gasteiger partial charge in [0.05, 0.1) is 0 Å². The summed E-state index contributed by atoms with van der Waals surface area (Å²) in [7, 11) is 0. The molecule has 0 bridgehead atoms. The van der Waals surface area contributed by atoms with Gasteiger partial charge in [0.1, 0.15) is 5.75 Å². The van der Waals surface area contributed by atoms with E-state index in [2.05, 4.69) is 54.6 Å². The Kier molecular flexibility index (Phi) is 3.47. The van der Waals surface area contributed by atoms with E-state index in [1.165, 1.54) is 22.3 Å². The molecule has 3 aromatic rings. The van der Waals surface area contributed by atoms with E-state index in [0.29, 0.717) is 5.75 Å². The lowest BCUT2D eigenvalue weighted by Crippen LogP contribution is -2.11. The molecule has 0 spiro atoms. The van der Waals surface area contributed by atoms with Gasteiger partial charge in [-0.1, -0.05) is 78.9 Å². The molecule has 0 heterocycles. The van der Waals surface area contributed by atoms with Crippen LogP contribution in [0.2, 0.25) is 0 Å². The topological polar surface area (TPSA) is 20.2 Å². The van der Waals surface area contributed by atoms with Crippen molar-refractivity contribution in [2.75, 3.05) is 0 Å². The monoisotopic (exact) mass is 298 g/mol. The number of benzene rings is 3. The van der Waals surface area contributed by atoms with Crippen molar-refractivity contribution in [3.05, 3.63) is 101 Å². The Morgan fingerprint density at radius 2 is 1.43 bits per heavy atom. The number of phenolic OH excluding ortho intramolecular Hbond substituents is 1. The first kappa shape index (κ1) is 13.8. The molecule has 1 nitrogen and oxygen atoms in total. The van der Waals surface area contributed by atoms with Gasteiger partial charge in [-0.25, -0.2) is 0 Å². The van der Waals surface area contributed by atoms with Crippen molar-refractivity contribution in [3.8, 4) is 5.75 Å². The highest BCUT2D eigenvalue weighted by molar-refractivity contribution is 5.90. The van der Waals surface area contributed by atoms with Crippen LogP contribution in [0.25, 0.3) is 11.6 Å². The number of allylic oxidation sites excluding steroid dienone is 1. The summed E-state index contributed by atoms with van der Waals surface area (Å²) in [5, 5.41) is 10.3. The number of fused-ring (bicyclic) bond motifs is 1. The first-order chi connectivity index (χ1) is 11.3. The zero-order chi connectivity index (χ0) is 15.6. The fraction of sp³-hybridized carbons (Fsp3) is 0.0909. The molecule has 23 heavy (non-hydrogen) atoms. The number of aromatic hydroxyl groups is 1. The largest absolute Gasteiger partial charge is 0.507 e. The van der Waals surface area contributed by atoms with Gasteiger partial charge >= 0.3 is 0 Å². The summed E-state index contributed by atoms with van der Waals surface area (Å²) in [6, 6.07) is 26.7. The molecule has 1 aliphatic carbocycles. The Hall–Kier alpha value is -2.80. The molecule has 0 fully saturated rings. The molecule has 0 aliphatic heterocycles. The average molecular weight is 298 g/mol. The van der Waals surface area contributed by atoms with Crippen LogP contribution >= 0.6 is 0 Å². The van der Waals surface area contributed by atoms with Crippen LogP contribution in [0, 0.1) is 0 Å². The van der Waals surface area contributed by atoms with Crippen molar-refractivity contribution in [1.29, 1.82) is 0 Å². The molecule has 0 aromatic heterocycles. The van der Waals surface area contributed by atoms with Gasteiger partial charge in [-0.05, 0) is 34.8 Å². The fourth-order valence-corrected chi connectivity index (χ4v) is 3.42. The summed E-state index contributed by atoms with van der Waals surface area (Å²) < 4.78 is 0. The number of phenols is 1. The van der Waals surface area contributed by atoms with Crippen LogP contribution < -0.4 is 0 Å². The standard InChI is InChI=1S/C22H18O/c23-22-13-7-6-12-19(22)21-15-18-11-5-4-10-17(18)14-20(21)16-8-2-1-3-9-16/h1-13,15,20,23H,14H2. The third-order valence-corrected chi connectivity index (χ3v) is 4.58. The maximum absolute atomic E-state index is 10.3. The molecule has 0 saturated heterocycles. The zero-order valence-corrected chi connectivity index (χ0v) is 12.8. The molecule has 1 heteroatoms. The molecular weight excluding hydrogens is 280 g/mol. The lowest BCUT2D eigenvalue weighted by atomic mass is 9.77. The number of hydrogen-bond acceptors (Lipinski definition) is 1. The van der Waals surface area contributed by atoms with E-state index in [-0.39, 0.29) is 5.92 Å². The van der Waals surface area contributed by atoms with Gasteiger partial charge in [0, 0.05) is 11.5 Å². The summed E-state index contributed by atoms with van der Waals surface area (Å²) >= 11 is 0. The van der Waals surface area contributed by atoms with Gasteiger partial charge in [0.15, 0.2) is 0 Å². The number of para-hydroxylation sites is 1. The lowest BCUT2D eigenvalue weighted by molar-refractivity contribution is 0.473. The molecule has 0 amide bonds. The van der Waals surface area contributed by atoms with E-state index in [9.17, 15) is 5.11 Å². The summed E-state index contributed by atoms with van der Waals surface area (Å²) in [4.78, 5) is 0. The zero-order valence-electron chi connectivity index (χ0n) is 12.8. The van der Waals surface area contributed by atoms with E-state index in [4.69, 9.17) is 0 Å². The Morgan fingerprint density at radius 3 is 2.26 bits per heavy atom. The first-order valence-electron chi connectivity index (χ1n) is 7.96. The van der Waals surface area contributed by atoms with Crippen LogP contribution in [0.1, 0.15) is 28.2 Å². The van der Waals surface area contributed by atoms with Crippen LogP contribution in [0.3, 0.4) is 0 Å². The molecule has 112 valence electrons. The van der Waals surface area contributed by atoms with Gasteiger partial charge in [-0.15, -0.1) is 0 Å². The molecule has 1 unspecified atom stereocenters. The third kappa shape index (κ3) is 2.55. The summed E-state index contributed by atoms with van der Waals surface area (Å²) in [6.45, 7) is 0. The van der Waals surface area contributed by atoms with E-state index >= 15 is 0 Å². The maximum atomic E-state index is 10.3. The molecule has 3 aromatic carbocycles. The Balaban J connectivity index is 1.90. The summed E-state index contributed by atoms with van der Waals surface area (Å²) in [5.74, 6) is 0.610. The summed E-state index contributed by atoms with van der Waals surface area (Å²) in [5.41, 5.74) is 6.01. The second-order valence-corrected chi connectivity index (χ2v) is 5.98. The van der Waals surface area contributed by atoms with Gasteiger partial charge in [0.25, 0.3) is 0 Å². The minimum absolute atomic E-state index is 0.263. The van der Waals surface area contributed by atoms with E-state index in [1.807, 2.05) is 24.3 Å². The molecule has 1 N–H and O–H groups in total. The average Bonchev–Trinajstić information content (AvgIpc) is 2.62. The predicted octanol–water partition coefficient (Wildman–Crippen LogP) is 5.27. The first-order valence-corrected chi connectivity index (χ1v) is 7.96. The van der Waals surface area contributed by atoms with E-state index in [0.717, 1.165) is 12.0 Å². The smallest absolute Gasteiger partial charge is 0.123 e. The highest BCUT2D eigenvalue weighted by Crippen LogP contribution is 2.43. The minimum Gasteiger partial charge on any atom is -0.507 e. The Labute approximate surface area is 136 Å². The van der Waals surface area contributed by atoms with E-state index in [1.54, 1.807) is 6.07 Å². The molecule has 0 saturated carbocycles. The Bertz CT molecular complexity index is 862. The van der Waals surface area contributed by atoms with Crippen LogP contribution in [0.15, 0.2) is 78.9 Å². The normalized spacial score (nSPS) is 16.5. The number of hydrogen-bond donors (Lipinski definition) is 1. The quantitative estimate of drug-likeness (QED) is 0.683. The van der Waals surface area contributed by atoms with Crippen molar-refractivity contribution in [2.45, 2.75) is 12.3 Å². The maximum Gasteiger partial charge on any atom is 0.123 e. The summed E-state index contributed by atoms with van der Waals surface area (Å²) in [6.07, 6.45) is 3.19. The molecule has 1 aliphatic rings. The van der Waals surface area contributed by atoms with Crippen LogP contribution in [-0.4, -0.2) is 5.11 Å². The van der Waals surface area contributed by atoms with Crippen molar-refractivity contribution < 1.29 is 5.11 Å². The lowest BCUT2D eigenvalue weighted by Gasteiger charge is -2.27. The Morgan fingerprint density at radius 1 is 0.739 bits per heavy atom. The molecule has 4 rings (SSSR count). The predicted molar refractivity (Wildman–Crippen MR) is 95.3 cm³/mol. The number of rotatable bonds is 2. The second kappa shape index (κ2) is 5.77. The van der Waals surface area contributed by atoms with Gasteiger partial charge in [-0.3, -0.25) is 0 Å². The van der Waals surface area contributed by atoms with Crippen LogP contribution in [-0.2, 0) is 6.42 Å². The second-order valence-electron chi connectivity index (χ2n) is 5.98. The molecule has 1 atom stereocenters. The van der Waals surface area contributed by atoms with Crippen LogP contribution in [0.4, 0.5) is 0 Å². The van der Waals surface area contributed by atoms with Gasteiger partial charge in [0.2, 0.25) is 0 Å². The van der Waals surface area contributed by atoms with Crippen molar-refractivity contribution in [1.82, 2.24) is 0 Å². The molecular formula is C22H18O. The van der Waals surface area contributed by atoms with Gasteiger partial charge < -0.3 is 5.11 Å². The van der Waals surface area contributed by atoms with Crippen molar-refractivity contribution in [2.24, 2.45) is 0 Å². The SMILES string of the molecule is Oc1ccccc1C1=Cc2ccccc2CC1c1ccccc1. The minimum atomic E-state index is 0.263. The van der Waals surface area contributed by atoms with Crippen LogP contribution in [0.5, 0.6) is 5.75 Å².